The molecule has 0 nitrogen and oxygen atoms in total. The van der Waals surface area contributed by atoms with E-state index in [0.29, 0.717) is 4.83 Å². The van der Waals surface area contributed by atoms with Crippen molar-refractivity contribution in [1.29, 1.82) is 0 Å². The molecule has 0 spiro atoms. The van der Waals surface area contributed by atoms with E-state index in [4.69, 9.17) is 0 Å². The summed E-state index contributed by atoms with van der Waals surface area (Å²) in [7, 11) is 0. The minimum Gasteiger partial charge on any atom is -0.0884 e. The third kappa shape index (κ3) is 2.13. The molecular formula is C14H19Br. The summed E-state index contributed by atoms with van der Waals surface area (Å²) in [6, 6.07) is 8.98. The molecule has 3 atom stereocenters. The third-order valence-electron chi connectivity index (χ3n) is 3.66. The molecule has 1 aliphatic carbocycles. The summed E-state index contributed by atoms with van der Waals surface area (Å²) < 4.78 is 0. The standard InChI is InChI=1S/C14H19Br/c1-3-14(15)13-9-8-10(2)11-6-4-5-7-12(11)13/h4-7,10,13-14H,3,8-9H2,1-2H3. The maximum Gasteiger partial charge on any atom is 0.0211 e. The van der Waals surface area contributed by atoms with E-state index in [0.717, 1.165) is 11.8 Å². The molecule has 82 valence electrons. The van der Waals surface area contributed by atoms with Crippen LogP contribution < -0.4 is 0 Å². The fourth-order valence-electron chi connectivity index (χ4n) is 2.70. The van der Waals surface area contributed by atoms with Crippen LogP contribution in [0.3, 0.4) is 0 Å². The molecule has 3 unspecified atom stereocenters. The molecule has 1 aliphatic rings. The van der Waals surface area contributed by atoms with Crippen molar-refractivity contribution in [2.75, 3.05) is 0 Å². The van der Waals surface area contributed by atoms with E-state index >= 15 is 0 Å². The number of halogens is 1. The zero-order valence-corrected chi connectivity index (χ0v) is 11.1. The van der Waals surface area contributed by atoms with Crippen molar-refractivity contribution in [2.24, 2.45) is 0 Å². The number of fused-ring (bicyclic) bond motifs is 1. The van der Waals surface area contributed by atoms with Gasteiger partial charge in [-0.25, -0.2) is 0 Å². The average molecular weight is 267 g/mol. The Morgan fingerprint density at radius 1 is 1.27 bits per heavy atom. The van der Waals surface area contributed by atoms with E-state index in [2.05, 4.69) is 54.0 Å². The Morgan fingerprint density at radius 3 is 2.60 bits per heavy atom. The van der Waals surface area contributed by atoms with Crippen molar-refractivity contribution >= 4 is 15.9 Å². The number of alkyl halides is 1. The Morgan fingerprint density at radius 2 is 1.93 bits per heavy atom. The quantitative estimate of drug-likeness (QED) is 0.672. The highest BCUT2D eigenvalue weighted by Crippen LogP contribution is 2.42. The second kappa shape index (κ2) is 4.69. The lowest BCUT2D eigenvalue weighted by molar-refractivity contribution is 0.487. The topological polar surface area (TPSA) is 0 Å². The van der Waals surface area contributed by atoms with Gasteiger partial charge in [0.1, 0.15) is 0 Å². The molecule has 0 saturated heterocycles. The van der Waals surface area contributed by atoms with E-state index in [1.807, 2.05) is 0 Å². The number of hydrogen-bond acceptors (Lipinski definition) is 0. The lowest BCUT2D eigenvalue weighted by Crippen LogP contribution is -2.19. The van der Waals surface area contributed by atoms with Crippen molar-refractivity contribution in [1.82, 2.24) is 0 Å². The number of rotatable bonds is 2. The van der Waals surface area contributed by atoms with Crippen LogP contribution in [0.5, 0.6) is 0 Å². The molecular weight excluding hydrogens is 248 g/mol. The van der Waals surface area contributed by atoms with Crippen LogP contribution in [0.2, 0.25) is 0 Å². The normalized spacial score (nSPS) is 27.1. The van der Waals surface area contributed by atoms with Crippen LogP contribution >= 0.6 is 15.9 Å². The third-order valence-corrected chi connectivity index (χ3v) is 4.95. The molecule has 0 fully saturated rings. The fourth-order valence-corrected chi connectivity index (χ4v) is 3.25. The van der Waals surface area contributed by atoms with E-state index in [-0.39, 0.29) is 0 Å². The predicted octanol–water partition coefficient (Wildman–Crippen LogP) is 4.84. The van der Waals surface area contributed by atoms with E-state index in [9.17, 15) is 0 Å². The van der Waals surface area contributed by atoms with E-state index in [1.165, 1.54) is 19.3 Å². The van der Waals surface area contributed by atoms with Gasteiger partial charge in [-0.15, -0.1) is 0 Å². The van der Waals surface area contributed by atoms with Gasteiger partial charge in [0.15, 0.2) is 0 Å². The van der Waals surface area contributed by atoms with Crippen LogP contribution in [-0.2, 0) is 0 Å². The van der Waals surface area contributed by atoms with Crippen molar-refractivity contribution in [3.05, 3.63) is 35.4 Å². The van der Waals surface area contributed by atoms with Gasteiger partial charge in [-0.2, -0.15) is 0 Å². The van der Waals surface area contributed by atoms with Gasteiger partial charge >= 0.3 is 0 Å². The van der Waals surface area contributed by atoms with Crippen molar-refractivity contribution in [2.45, 2.75) is 49.8 Å². The first-order chi connectivity index (χ1) is 7.24. The Bertz CT molecular complexity index is 332. The van der Waals surface area contributed by atoms with Gasteiger partial charge in [0.25, 0.3) is 0 Å². The summed E-state index contributed by atoms with van der Waals surface area (Å²) in [6.45, 7) is 4.62. The molecule has 0 saturated carbocycles. The zero-order chi connectivity index (χ0) is 10.8. The van der Waals surface area contributed by atoms with Crippen LogP contribution in [0.25, 0.3) is 0 Å². The molecule has 2 rings (SSSR count). The van der Waals surface area contributed by atoms with Crippen LogP contribution in [0.4, 0.5) is 0 Å². The smallest absolute Gasteiger partial charge is 0.0211 e. The maximum atomic E-state index is 3.83. The summed E-state index contributed by atoms with van der Waals surface area (Å²) in [6.07, 6.45) is 3.89. The van der Waals surface area contributed by atoms with Crippen LogP contribution in [0.1, 0.15) is 56.1 Å². The van der Waals surface area contributed by atoms with Crippen molar-refractivity contribution in [3.63, 3.8) is 0 Å². The first-order valence-electron chi connectivity index (χ1n) is 5.97. The molecule has 0 N–H and O–H groups in total. The molecule has 1 heteroatoms. The number of benzene rings is 1. The summed E-state index contributed by atoms with van der Waals surface area (Å²) in [5.41, 5.74) is 3.16. The first kappa shape index (κ1) is 11.2. The predicted molar refractivity (Wildman–Crippen MR) is 69.8 cm³/mol. The largest absolute Gasteiger partial charge is 0.0884 e. The van der Waals surface area contributed by atoms with Crippen LogP contribution in [-0.4, -0.2) is 4.83 Å². The molecule has 0 amide bonds. The summed E-state index contributed by atoms with van der Waals surface area (Å²) in [5, 5.41) is 0. The van der Waals surface area contributed by atoms with Gasteiger partial charge in [-0.05, 0) is 42.2 Å². The Kier molecular flexibility index (Phi) is 3.50. The molecule has 0 bridgehead atoms. The minimum absolute atomic E-state index is 0.645. The first-order valence-corrected chi connectivity index (χ1v) is 6.88. The van der Waals surface area contributed by atoms with Gasteiger partial charge in [0.05, 0.1) is 0 Å². The Hall–Kier alpha value is -0.300. The van der Waals surface area contributed by atoms with E-state index in [1.54, 1.807) is 11.1 Å². The number of hydrogen-bond donors (Lipinski definition) is 0. The second-order valence-corrected chi connectivity index (χ2v) is 5.81. The fraction of sp³-hybridized carbons (Fsp3) is 0.571. The summed E-state index contributed by atoms with van der Waals surface area (Å²) in [4.78, 5) is 0.645. The minimum atomic E-state index is 0.645. The Balaban J connectivity index is 2.36. The van der Waals surface area contributed by atoms with Gasteiger partial charge in [-0.3, -0.25) is 0 Å². The SMILES string of the molecule is CCC(Br)C1CCC(C)c2ccccc21. The van der Waals surface area contributed by atoms with Crippen molar-refractivity contribution < 1.29 is 0 Å². The van der Waals surface area contributed by atoms with Crippen molar-refractivity contribution in [3.8, 4) is 0 Å². The molecule has 1 aromatic carbocycles. The van der Waals surface area contributed by atoms with Crippen LogP contribution in [0, 0.1) is 0 Å². The average Bonchev–Trinajstić information content (AvgIpc) is 2.29. The lowest BCUT2D eigenvalue weighted by Gasteiger charge is -2.32. The van der Waals surface area contributed by atoms with E-state index < -0.39 is 0 Å². The van der Waals surface area contributed by atoms with Gasteiger partial charge in [0, 0.05) is 4.83 Å². The Labute approximate surface area is 101 Å². The highest BCUT2D eigenvalue weighted by molar-refractivity contribution is 9.09. The molecule has 0 radical (unpaired) electrons. The molecule has 15 heavy (non-hydrogen) atoms. The lowest BCUT2D eigenvalue weighted by atomic mass is 9.76. The second-order valence-electron chi connectivity index (χ2n) is 4.64. The maximum absolute atomic E-state index is 3.83. The van der Waals surface area contributed by atoms with Crippen LogP contribution in [0.15, 0.2) is 24.3 Å². The highest BCUT2D eigenvalue weighted by atomic mass is 79.9. The van der Waals surface area contributed by atoms with Gasteiger partial charge < -0.3 is 0 Å². The molecule has 0 aliphatic heterocycles. The molecule has 0 heterocycles. The summed E-state index contributed by atoms with van der Waals surface area (Å²) >= 11 is 3.83. The zero-order valence-electron chi connectivity index (χ0n) is 9.54. The van der Waals surface area contributed by atoms with Gasteiger partial charge in [0.2, 0.25) is 0 Å². The molecule has 1 aromatic rings. The monoisotopic (exact) mass is 266 g/mol. The molecule has 0 aromatic heterocycles. The highest BCUT2D eigenvalue weighted by Gasteiger charge is 2.27. The summed E-state index contributed by atoms with van der Waals surface area (Å²) in [5.74, 6) is 1.47. The van der Waals surface area contributed by atoms with Gasteiger partial charge in [-0.1, -0.05) is 54.0 Å².